The molecule has 2 aliphatic rings. The minimum Gasteiger partial charge on any atom is -0.477 e. The number of amides is 2. The smallest absolute Gasteiger partial charge is 0.343 e. The number of allylic oxidation sites excluding steroid dienone is 4. The second kappa shape index (κ2) is 11.1. The predicted molar refractivity (Wildman–Crippen MR) is 120 cm³/mol. The van der Waals surface area contributed by atoms with E-state index in [-0.39, 0.29) is 10.9 Å². The van der Waals surface area contributed by atoms with Crippen molar-refractivity contribution in [2.45, 2.75) is 31.9 Å². The number of urea groups is 1. The maximum atomic E-state index is 11.8. The molecule has 0 saturated carbocycles. The van der Waals surface area contributed by atoms with Crippen molar-refractivity contribution in [3.8, 4) is 0 Å². The first-order valence-corrected chi connectivity index (χ1v) is 10.8. The van der Waals surface area contributed by atoms with Crippen molar-refractivity contribution in [1.82, 2.24) is 26.0 Å². The SMILES string of the molecule is CNC(=O)NC(NCc1ccc(Cl)cc1)NC1=CC=C(OC2C=C(C(=O)O)SN2)CC1. The third-order valence-electron chi connectivity index (χ3n) is 4.44. The Hall–Kier alpha value is -2.66. The number of carbonyl (C=O) groups is 2. The second-order valence-electron chi connectivity index (χ2n) is 6.73. The van der Waals surface area contributed by atoms with Gasteiger partial charge in [-0.15, -0.1) is 0 Å². The van der Waals surface area contributed by atoms with Gasteiger partial charge >= 0.3 is 12.0 Å². The summed E-state index contributed by atoms with van der Waals surface area (Å²) < 4.78 is 8.71. The molecule has 1 aromatic carbocycles. The first-order valence-electron chi connectivity index (χ1n) is 9.59. The van der Waals surface area contributed by atoms with Crippen molar-refractivity contribution in [3.63, 3.8) is 0 Å². The average Bonchev–Trinajstić information content (AvgIpc) is 3.23. The summed E-state index contributed by atoms with van der Waals surface area (Å²) in [4.78, 5) is 23.0. The van der Waals surface area contributed by atoms with Crippen molar-refractivity contribution in [2.24, 2.45) is 0 Å². The van der Waals surface area contributed by atoms with E-state index in [1.165, 1.54) is 6.08 Å². The Labute approximate surface area is 189 Å². The molecule has 2 unspecified atom stereocenters. The van der Waals surface area contributed by atoms with E-state index >= 15 is 0 Å². The van der Waals surface area contributed by atoms with Gasteiger partial charge in [-0.2, -0.15) is 0 Å². The summed E-state index contributed by atoms with van der Waals surface area (Å²) in [5, 5.41) is 21.6. The van der Waals surface area contributed by atoms with Crippen molar-refractivity contribution < 1.29 is 19.4 Å². The van der Waals surface area contributed by atoms with Gasteiger partial charge in [-0.05, 0) is 54.3 Å². The van der Waals surface area contributed by atoms with Gasteiger partial charge in [-0.25, -0.2) is 14.3 Å². The molecule has 3 rings (SSSR count). The lowest BCUT2D eigenvalue weighted by atomic mass is 10.1. The highest BCUT2D eigenvalue weighted by Crippen LogP contribution is 2.26. The van der Waals surface area contributed by atoms with Crippen LogP contribution in [0.3, 0.4) is 0 Å². The van der Waals surface area contributed by atoms with Gasteiger partial charge in [-0.1, -0.05) is 23.7 Å². The van der Waals surface area contributed by atoms with E-state index in [0.717, 1.165) is 29.0 Å². The summed E-state index contributed by atoms with van der Waals surface area (Å²) >= 11 is 6.96. The van der Waals surface area contributed by atoms with Gasteiger partial charge in [0.1, 0.15) is 4.91 Å². The van der Waals surface area contributed by atoms with Crippen LogP contribution >= 0.6 is 23.5 Å². The van der Waals surface area contributed by atoms with Crippen LogP contribution in [0.4, 0.5) is 4.79 Å². The summed E-state index contributed by atoms with van der Waals surface area (Å²) in [5.74, 6) is -0.232. The fourth-order valence-corrected chi connectivity index (χ4v) is 3.61. The fraction of sp³-hybridized carbons (Fsp3) is 0.300. The number of benzene rings is 1. The number of ether oxygens (including phenoxy) is 1. The molecule has 1 aromatic rings. The molecule has 166 valence electrons. The zero-order chi connectivity index (χ0) is 22.2. The molecule has 1 aliphatic carbocycles. The zero-order valence-corrected chi connectivity index (χ0v) is 18.3. The quantitative estimate of drug-likeness (QED) is 0.242. The number of halogens is 1. The molecule has 9 nitrogen and oxygen atoms in total. The third kappa shape index (κ3) is 7.21. The number of hydrogen-bond acceptors (Lipinski definition) is 7. The van der Waals surface area contributed by atoms with Crippen molar-refractivity contribution in [1.29, 1.82) is 0 Å². The van der Waals surface area contributed by atoms with Crippen molar-refractivity contribution in [2.75, 3.05) is 7.05 Å². The van der Waals surface area contributed by atoms with E-state index in [2.05, 4.69) is 26.0 Å². The summed E-state index contributed by atoms with van der Waals surface area (Å²) in [6.07, 6.45) is 5.60. The van der Waals surface area contributed by atoms with Crippen LogP contribution in [0.2, 0.25) is 5.02 Å². The maximum Gasteiger partial charge on any atom is 0.343 e. The van der Waals surface area contributed by atoms with Gasteiger partial charge in [0, 0.05) is 30.7 Å². The minimum atomic E-state index is -0.978. The Kier molecular flexibility index (Phi) is 8.24. The second-order valence-corrected chi connectivity index (χ2v) is 8.04. The molecular formula is C20H24ClN5O4S. The Balaban J connectivity index is 1.56. The lowest BCUT2D eigenvalue weighted by molar-refractivity contribution is -0.131. The molecule has 0 saturated heterocycles. The highest BCUT2D eigenvalue weighted by molar-refractivity contribution is 8.02. The molecule has 31 heavy (non-hydrogen) atoms. The maximum absolute atomic E-state index is 11.8. The van der Waals surface area contributed by atoms with Crippen molar-refractivity contribution in [3.05, 3.63) is 69.4 Å². The highest BCUT2D eigenvalue weighted by Gasteiger charge is 2.23. The number of hydrogen-bond donors (Lipinski definition) is 6. The summed E-state index contributed by atoms with van der Waals surface area (Å²) in [6.45, 7) is 0.527. The van der Waals surface area contributed by atoms with E-state index in [4.69, 9.17) is 21.4 Å². The van der Waals surface area contributed by atoms with E-state index in [9.17, 15) is 9.59 Å². The Morgan fingerprint density at radius 3 is 2.68 bits per heavy atom. The lowest BCUT2D eigenvalue weighted by Crippen LogP contribution is -2.56. The van der Waals surface area contributed by atoms with Crippen LogP contribution in [0.1, 0.15) is 18.4 Å². The Morgan fingerprint density at radius 1 is 1.29 bits per heavy atom. The standard InChI is InChI=1S/C20H24ClN5O4S/c1-22-20(29)25-19(23-11-12-2-4-13(21)5-3-12)24-14-6-8-15(9-7-14)30-17-10-16(18(27)28)31-26-17/h2-6,8,10,17,19,23-24,26H,7,9,11H2,1H3,(H,27,28)(H2,22,25,29). The van der Waals surface area contributed by atoms with Crippen LogP contribution in [0.5, 0.6) is 0 Å². The number of aliphatic carboxylic acids is 1. The highest BCUT2D eigenvalue weighted by atomic mass is 35.5. The van der Waals surface area contributed by atoms with Crippen molar-refractivity contribution >= 4 is 35.5 Å². The predicted octanol–water partition coefficient (Wildman–Crippen LogP) is 2.36. The average molecular weight is 466 g/mol. The van der Waals surface area contributed by atoms with Gasteiger partial charge in [0.2, 0.25) is 0 Å². The molecule has 6 N–H and O–H groups in total. The van der Waals surface area contributed by atoms with Crippen LogP contribution in [0.15, 0.2) is 58.9 Å². The molecule has 0 bridgehead atoms. The molecule has 0 radical (unpaired) electrons. The zero-order valence-electron chi connectivity index (χ0n) is 16.8. The van der Waals surface area contributed by atoms with Gasteiger partial charge in [0.25, 0.3) is 0 Å². The molecule has 1 heterocycles. The minimum absolute atomic E-state index is 0.217. The van der Waals surface area contributed by atoms with Gasteiger partial charge in [-0.3, -0.25) is 5.32 Å². The molecule has 0 fully saturated rings. The molecule has 2 atom stereocenters. The van der Waals surface area contributed by atoms with Crippen LogP contribution in [0.25, 0.3) is 0 Å². The number of rotatable bonds is 9. The summed E-state index contributed by atoms with van der Waals surface area (Å²) in [7, 11) is 1.55. The first-order chi connectivity index (χ1) is 14.9. The Morgan fingerprint density at radius 2 is 2.06 bits per heavy atom. The number of carbonyl (C=O) groups excluding carboxylic acids is 1. The molecular weight excluding hydrogens is 442 g/mol. The number of nitrogens with one attached hydrogen (secondary N) is 5. The monoisotopic (exact) mass is 465 g/mol. The summed E-state index contributed by atoms with van der Waals surface area (Å²) in [6, 6.07) is 7.14. The van der Waals surface area contributed by atoms with Gasteiger partial charge in [0.05, 0.1) is 5.76 Å². The molecule has 0 aromatic heterocycles. The summed E-state index contributed by atoms with van der Waals surface area (Å²) in [5.41, 5.74) is 1.95. The van der Waals surface area contributed by atoms with Crippen LogP contribution in [-0.2, 0) is 16.1 Å². The normalized spacial score (nSPS) is 18.9. The lowest BCUT2D eigenvalue weighted by Gasteiger charge is -2.26. The van der Waals surface area contributed by atoms with Gasteiger partial charge < -0.3 is 25.8 Å². The number of carboxylic acids is 1. The van der Waals surface area contributed by atoms with E-state index in [1.807, 2.05) is 36.4 Å². The molecule has 2 amide bonds. The Bertz CT molecular complexity index is 903. The van der Waals surface area contributed by atoms with Gasteiger partial charge in [0.15, 0.2) is 12.5 Å². The first kappa shape index (κ1) is 23.0. The van der Waals surface area contributed by atoms with Crippen LogP contribution < -0.4 is 26.0 Å². The van der Waals surface area contributed by atoms with E-state index in [0.29, 0.717) is 24.4 Å². The molecule has 1 aliphatic heterocycles. The third-order valence-corrected chi connectivity index (χ3v) is 5.58. The van der Waals surface area contributed by atoms with Crippen LogP contribution in [-0.4, -0.2) is 36.7 Å². The molecule has 0 spiro atoms. The largest absolute Gasteiger partial charge is 0.477 e. The van der Waals surface area contributed by atoms with E-state index < -0.39 is 18.5 Å². The fourth-order valence-electron chi connectivity index (χ4n) is 2.85. The van der Waals surface area contributed by atoms with E-state index in [1.54, 1.807) is 7.05 Å². The van der Waals surface area contributed by atoms with Crippen LogP contribution in [0, 0.1) is 0 Å². The number of carboxylic acid groups (broad SMARTS) is 1. The molecule has 11 heteroatoms. The topological polar surface area (TPSA) is 124 Å².